The number of hydrogen-bond donors (Lipinski definition) is 0. The van der Waals surface area contributed by atoms with Crippen LogP contribution in [0, 0.1) is 18.6 Å². The molecule has 5 nitrogen and oxygen atoms in total. The number of amides is 1. The average molecular weight is 522 g/mol. The van der Waals surface area contributed by atoms with Gasteiger partial charge in [0.25, 0.3) is 5.91 Å². The van der Waals surface area contributed by atoms with Gasteiger partial charge in [0.05, 0.1) is 22.3 Å². The van der Waals surface area contributed by atoms with Crippen molar-refractivity contribution in [2.45, 2.75) is 32.4 Å². The first-order valence-electron chi connectivity index (χ1n) is 12.2. The summed E-state index contributed by atoms with van der Waals surface area (Å²) in [5.41, 5.74) is 3.06. The number of carbonyl (C=O) groups is 1. The fourth-order valence-corrected chi connectivity index (χ4v) is 4.82. The zero-order valence-electron chi connectivity index (χ0n) is 20.3. The number of halogens is 3. The number of ether oxygens (including phenoxy) is 1. The first-order valence-corrected chi connectivity index (χ1v) is 12.5. The van der Waals surface area contributed by atoms with Crippen molar-refractivity contribution in [3.05, 3.63) is 106 Å². The third-order valence-corrected chi connectivity index (χ3v) is 6.97. The molecular formula is C29H26ClF2N3O2. The minimum atomic E-state index is -0.571. The molecule has 1 fully saturated rings. The van der Waals surface area contributed by atoms with Gasteiger partial charge in [-0.25, -0.2) is 8.78 Å². The van der Waals surface area contributed by atoms with Crippen molar-refractivity contribution in [3.8, 4) is 17.0 Å². The summed E-state index contributed by atoms with van der Waals surface area (Å²) >= 11 is 6.29. The van der Waals surface area contributed by atoms with Crippen molar-refractivity contribution in [2.75, 3.05) is 13.1 Å². The molecule has 1 saturated heterocycles. The van der Waals surface area contributed by atoms with Gasteiger partial charge >= 0.3 is 0 Å². The second-order valence-electron chi connectivity index (χ2n) is 9.20. The molecule has 5 rings (SSSR count). The highest BCUT2D eigenvalue weighted by Crippen LogP contribution is 2.32. The maximum atomic E-state index is 14.6. The van der Waals surface area contributed by atoms with Crippen molar-refractivity contribution in [1.82, 2.24) is 14.7 Å². The summed E-state index contributed by atoms with van der Waals surface area (Å²) in [5.74, 6) is -0.857. The first kappa shape index (κ1) is 25.0. The van der Waals surface area contributed by atoms with E-state index in [0.29, 0.717) is 54.6 Å². The molecule has 37 heavy (non-hydrogen) atoms. The van der Waals surface area contributed by atoms with Crippen molar-refractivity contribution in [1.29, 1.82) is 0 Å². The molecule has 190 valence electrons. The van der Waals surface area contributed by atoms with Gasteiger partial charge in [0.1, 0.15) is 24.0 Å². The Morgan fingerprint density at radius 3 is 2.57 bits per heavy atom. The van der Waals surface area contributed by atoms with Crippen LogP contribution in [0.25, 0.3) is 11.3 Å². The fourth-order valence-electron chi connectivity index (χ4n) is 4.62. The van der Waals surface area contributed by atoms with E-state index >= 15 is 0 Å². The Morgan fingerprint density at radius 1 is 1.05 bits per heavy atom. The van der Waals surface area contributed by atoms with E-state index in [-0.39, 0.29) is 23.3 Å². The zero-order chi connectivity index (χ0) is 25.9. The van der Waals surface area contributed by atoms with Crippen LogP contribution in [0.15, 0.2) is 72.9 Å². The van der Waals surface area contributed by atoms with Gasteiger partial charge in [0.15, 0.2) is 0 Å². The van der Waals surface area contributed by atoms with Gasteiger partial charge in [-0.1, -0.05) is 41.9 Å². The number of aromatic nitrogens is 2. The molecule has 0 aliphatic carbocycles. The maximum Gasteiger partial charge on any atom is 0.256 e. The maximum absolute atomic E-state index is 14.6. The molecule has 4 aromatic rings. The lowest BCUT2D eigenvalue weighted by Gasteiger charge is -2.32. The first-order chi connectivity index (χ1) is 17.9. The summed E-state index contributed by atoms with van der Waals surface area (Å²) in [6, 6.07) is 18.2. The second kappa shape index (κ2) is 10.7. The Bertz CT molecular complexity index is 1420. The van der Waals surface area contributed by atoms with Crippen molar-refractivity contribution in [3.63, 3.8) is 0 Å². The number of piperidine rings is 1. The number of rotatable bonds is 6. The van der Waals surface area contributed by atoms with Crippen LogP contribution in [0.2, 0.25) is 5.02 Å². The highest BCUT2D eigenvalue weighted by atomic mass is 35.5. The molecular weight excluding hydrogens is 496 g/mol. The Morgan fingerprint density at radius 2 is 1.81 bits per heavy atom. The molecule has 0 unspecified atom stereocenters. The molecule has 1 aliphatic rings. The standard InChI is InChI=1S/C29H26ClF2N3O2/c1-19-17-35(33-28(19)24-15-21(31)7-9-26(24)30)22-11-13-34(14-12-22)29(36)25-16-23(8-10-27(25)32)37-18-20-5-3-2-4-6-20/h2-10,15-17,22H,11-14,18H2,1H3. The van der Waals surface area contributed by atoms with Crippen LogP contribution in [0.1, 0.15) is 40.4 Å². The molecule has 2 heterocycles. The van der Waals surface area contributed by atoms with E-state index < -0.39 is 5.82 Å². The van der Waals surface area contributed by atoms with Gasteiger partial charge < -0.3 is 9.64 Å². The van der Waals surface area contributed by atoms with E-state index in [1.165, 1.54) is 36.4 Å². The monoisotopic (exact) mass is 521 g/mol. The van der Waals surface area contributed by atoms with Crippen LogP contribution in [0.3, 0.4) is 0 Å². The molecule has 0 saturated carbocycles. The van der Waals surface area contributed by atoms with Gasteiger partial charge in [-0.15, -0.1) is 0 Å². The molecule has 1 amide bonds. The second-order valence-corrected chi connectivity index (χ2v) is 9.61. The van der Waals surface area contributed by atoms with Gasteiger partial charge in [-0.05, 0) is 67.3 Å². The molecule has 0 atom stereocenters. The number of nitrogens with zero attached hydrogens (tertiary/aromatic N) is 3. The predicted molar refractivity (Wildman–Crippen MR) is 139 cm³/mol. The van der Waals surface area contributed by atoms with E-state index in [0.717, 1.165) is 11.1 Å². The molecule has 8 heteroatoms. The van der Waals surface area contributed by atoms with Crippen molar-refractivity contribution < 1.29 is 18.3 Å². The smallest absolute Gasteiger partial charge is 0.256 e. The van der Waals surface area contributed by atoms with Gasteiger partial charge in [0, 0.05) is 24.8 Å². The Hall–Kier alpha value is -3.71. The Balaban J connectivity index is 1.25. The zero-order valence-corrected chi connectivity index (χ0v) is 21.1. The van der Waals surface area contributed by atoms with E-state index in [4.69, 9.17) is 21.4 Å². The van der Waals surface area contributed by atoms with Crippen molar-refractivity contribution >= 4 is 17.5 Å². The van der Waals surface area contributed by atoms with Crippen LogP contribution in [0.5, 0.6) is 5.75 Å². The summed E-state index contributed by atoms with van der Waals surface area (Å²) in [5, 5.41) is 5.13. The number of carbonyl (C=O) groups excluding carboxylic acids is 1. The quantitative estimate of drug-likeness (QED) is 0.279. The summed E-state index contributed by atoms with van der Waals surface area (Å²) in [6.07, 6.45) is 3.25. The molecule has 0 radical (unpaired) electrons. The summed E-state index contributed by atoms with van der Waals surface area (Å²) < 4.78 is 36.0. The third-order valence-electron chi connectivity index (χ3n) is 6.64. The fraction of sp³-hybridized carbons (Fsp3) is 0.241. The Labute approximate surface area is 219 Å². The highest BCUT2D eigenvalue weighted by molar-refractivity contribution is 6.33. The summed E-state index contributed by atoms with van der Waals surface area (Å²) in [7, 11) is 0. The lowest BCUT2D eigenvalue weighted by molar-refractivity contribution is 0.0684. The lowest BCUT2D eigenvalue weighted by Crippen LogP contribution is -2.39. The van der Waals surface area contributed by atoms with Crippen LogP contribution in [-0.2, 0) is 6.61 Å². The van der Waals surface area contributed by atoms with E-state index in [9.17, 15) is 13.6 Å². The van der Waals surface area contributed by atoms with Crippen LogP contribution >= 0.6 is 11.6 Å². The largest absolute Gasteiger partial charge is 0.489 e. The summed E-state index contributed by atoms with van der Waals surface area (Å²) in [4.78, 5) is 14.8. The predicted octanol–water partition coefficient (Wildman–Crippen LogP) is 6.85. The molecule has 0 N–H and O–H groups in total. The van der Waals surface area contributed by atoms with Gasteiger partial charge in [-0.3, -0.25) is 9.48 Å². The SMILES string of the molecule is Cc1cn(C2CCN(C(=O)c3cc(OCc4ccccc4)ccc3F)CC2)nc1-c1cc(F)ccc1Cl. The van der Waals surface area contributed by atoms with Gasteiger partial charge in [0.2, 0.25) is 0 Å². The normalized spacial score (nSPS) is 14.1. The lowest BCUT2D eigenvalue weighted by atomic mass is 10.0. The summed E-state index contributed by atoms with van der Waals surface area (Å²) in [6.45, 7) is 3.17. The third kappa shape index (κ3) is 5.52. The van der Waals surface area contributed by atoms with Crippen LogP contribution < -0.4 is 4.74 Å². The molecule has 0 spiro atoms. The number of likely N-dealkylation sites (tertiary alicyclic amines) is 1. The number of aryl methyl sites for hydroxylation is 1. The minimum absolute atomic E-state index is 0.00183. The highest BCUT2D eigenvalue weighted by Gasteiger charge is 2.27. The van der Waals surface area contributed by atoms with Crippen LogP contribution in [0.4, 0.5) is 8.78 Å². The Kier molecular flexibility index (Phi) is 7.24. The van der Waals surface area contributed by atoms with Crippen molar-refractivity contribution in [2.24, 2.45) is 0 Å². The van der Waals surface area contributed by atoms with Gasteiger partial charge in [-0.2, -0.15) is 5.10 Å². The molecule has 1 aliphatic heterocycles. The molecule has 0 bridgehead atoms. The van der Waals surface area contributed by atoms with E-state index in [2.05, 4.69) is 0 Å². The van der Waals surface area contributed by atoms with Crippen LogP contribution in [-0.4, -0.2) is 33.7 Å². The van der Waals surface area contributed by atoms with E-state index in [1.807, 2.05) is 48.1 Å². The number of hydrogen-bond acceptors (Lipinski definition) is 3. The average Bonchev–Trinajstić information content (AvgIpc) is 3.31. The van der Waals surface area contributed by atoms with E-state index in [1.54, 1.807) is 4.90 Å². The topological polar surface area (TPSA) is 47.4 Å². The molecule has 1 aromatic heterocycles. The minimum Gasteiger partial charge on any atom is -0.489 e. The number of benzene rings is 3. The molecule has 3 aromatic carbocycles.